The van der Waals surface area contributed by atoms with Crippen molar-refractivity contribution in [2.75, 3.05) is 51.4 Å². The zero-order chi connectivity index (χ0) is 33.4. The maximum absolute atomic E-state index is 11.2. The van der Waals surface area contributed by atoms with Gasteiger partial charge in [0.05, 0.1) is 33.7 Å². The maximum Gasteiger partial charge on any atom is 0.209 e. The van der Waals surface area contributed by atoms with Crippen molar-refractivity contribution >= 4 is 41.7 Å². The minimum Gasteiger partial charge on any atom is -0.385 e. The number of carbonyl (C=O) groups excluding carboxylic acids is 1. The van der Waals surface area contributed by atoms with Crippen molar-refractivity contribution in [3.63, 3.8) is 0 Å². The number of pyridine rings is 1. The molecule has 0 aliphatic heterocycles. The first kappa shape index (κ1) is 41.4. The van der Waals surface area contributed by atoms with Gasteiger partial charge in [0.2, 0.25) is 6.41 Å². The monoisotopic (exact) mass is 612 g/mol. The molecule has 0 fully saturated rings. The molecule has 43 heavy (non-hydrogen) atoms. The van der Waals surface area contributed by atoms with Crippen LogP contribution in [0.15, 0.2) is 42.6 Å². The SMILES string of the molecule is C=C/C(C#N)=C\c1ccc(-c2cc(NCC)c(C(=N)SCCN(C=O)CCNC)cn2)n1C.C=N.CC.COC(C)(C)C. The third-order valence-corrected chi connectivity index (χ3v) is 6.52. The molecule has 10 nitrogen and oxygen atoms in total. The van der Waals surface area contributed by atoms with Gasteiger partial charge in [-0.15, -0.1) is 11.8 Å². The van der Waals surface area contributed by atoms with Crippen molar-refractivity contribution < 1.29 is 9.53 Å². The zero-order valence-electron chi connectivity index (χ0n) is 27.5. The van der Waals surface area contributed by atoms with Crippen molar-refractivity contribution in [1.29, 1.82) is 16.1 Å². The number of likely N-dealkylation sites (N-methyl/N-ethyl adjacent to an activating group) is 1. The topological polar surface area (TPSA) is 143 Å². The predicted octanol–water partition coefficient (Wildman–Crippen LogP) is 6.07. The van der Waals surface area contributed by atoms with Crippen LogP contribution in [0.4, 0.5) is 5.69 Å². The Hall–Kier alpha value is -3.72. The molecule has 0 saturated heterocycles. The summed E-state index contributed by atoms with van der Waals surface area (Å²) in [7, 11) is 5.48. The summed E-state index contributed by atoms with van der Waals surface area (Å²) in [6.07, 6.45) is 5.87. The average molecular weight is 613 g/mol. The van der Waals surface area contributed by atoms with Gasteiger partial charge < -0.3 is 30.2 Å². The number of nitriles is 1. The molecule has 0 radical (unpaired) electrons. The third-order valence-electron chi connectivity index (χ3n) is 5.63. The number of methoxy groups -OCH3 is 1. The molecule has 4 N–H and O–H groups in total. The fourth-order valence-electron chi connectivity index (χ4n) is 3.15. The summed E-state index contributed by atoms with van der Waals surface area (Å²) in [5.74, 6) is 0.632. The Morgan fingerprint density at radius 2 is 1.91 bits per heavy atom. The molecular formula is C32H52N8O2S. The predicted molar refractivity (Wildman–Crippen MR) is 185 cm³/mol. The highest BCUT2D eigenvalue weighted by Gasteiger charge is 2.14. The fraction of sp³-hybridized carbons (Fsp3) is 0.469. The number of hydrogen-bond acceptors (Lipinski definition) is 9. The van der Waals surface area contributed by atoms with Gasteiger partial charge in [0.25, 0.3) is 0 Å². The Labute approximate surface area is 263 Å². The molecule has 0 spiro atoms. The van der Waals surface area contributed by atoms with Gasteiger partial charge in [-0.3, -0.25) is 15.2 Å². The summed E-state index contributed by atoms with van der Waals surface area (Å²) in [4.78, 5) is 17.5. The van der Waals surface area contributed by atoms with Crippen molar-refractivity contribution in [2.45, 2.75) is 47.1 Å². The van der Waals surface area contributed by atoms with Gasteiger partial charge in [-0.25, -0.2) is 0 Å². The van der Waals surface area contributed by atoms with Crippen LogP contribution in [0.5, 0.6) is 0 Å². The zero-order valence-corrected chi connectivity index (χ0v) is 28.3. The molecule has 0 unspecified atom stereocenters. The number of allylic oxidation sites excluding steroid dienone is 2. The van der Waals surface area contributed by atoms with Crippen molar-refractivity contribution in [2.24, 2.45) is 7.05 Å². The Morgan fingerprint density at radius 3 is 2.40 bits per heavy atom. The van der Waals surface area contributed by atoms with E-state index in [0.29, 0.717) is 36.0 Å². The van der Waals surface area contributed by atoms with E-state index in [4.69, 9.17) is 20.8 Å². The minimum atomic E-state index is 0.0417. The molecule has 2 aromatic rings. The Bertz CT molecular complexity index is 1180. The first-order valence-corrected chi connectivity index (χ1v) is 15.1. The summed E-state index contributed by atoms with van der Waals surface area (Å²) in [5.41, 5.74) is 4.64. The number of ether oxygens (including phenoxy) is 1. The van der Waals surface area contributed by atoms with Crippen LogP contribution >= 0.6 is 11.8 Å². The molecule has 0 saturated carbocycles. The van der Waals surface area contributed by atoms with Gasteiger partial charge in [-0.2, -0.15) is 5.26 Å². The summed E-state index contributed by atoms with van der Waals surface area (Å²) >= 11 is 1.40. The number of carbonyl (C=O) groups is 1. The smallest absolute Gasteiger partial charge is 0.209 e. The number of nitrogens with zero attached hydrogens (tertiary/aromatic N) is 4. The van der Waals surface area contributed by atoms with Crippen LogP contribution < -0.4 is 10.6 Å². The number of amides is 1. The Morgan fingerprint density at radius 1 is 1.28 bits per heavy atom. The van der Waals surface area contributed by atoms with Crippen molar-refractivity contribution in [3.05, 3.63) is 53.9 Å². The standard InChI is InChI=1S/C24H31N7OS.C5H12O.C2H6.CH3N/c1-5-18(15-25)13-19-7-8-23(30(19)4)22-14-21(28-6-2)20(16-29-22)24(26)33-12-11-31(17-32)10-9-27-3;1-5(2,3)6-4;2*1-2/h5,7-8,13-14,16-17,26-27H,1,6,9-12H2,2-4H3,(H,28,29);1-4H3;1-2H3;2H,1H2/b18-13+,26-24?;;;. The van der Waals surface area contributed by atoms with Crippen LogP contribution in [0.1, 0.15) is 52.8 Å². The van der Waals surface area contributed by atoms with Crippen molar-refractivity contribution in [3.8, 4) is 17.5 Å². The third kappa shape index (κ3) is 15.9. The second kappa shape index (κ2) is 23.8. The molecular weight excluding hydrogens is 560 g/mol. The van der Waals surface area contributed by atoms with Crippen LogP contribution in [-0.4, -0.2) is 84.3 Å². The van der Waals surface area contributed by atoms with Crippen LogP contribution in [-0.2, 0) is 16.6 Å². The van der Waals surface area contributed by atoms with Gasteiger partial charge in [0.1, 0.15) is 0 Å². The summed E-state index contributed by atoms with van der Waals surface area (Å²) in [5, 5.41) is 30.0. The van der Waals surface area contributed by atoms with E-state index in [2.05, 4.69) is 35.0 Å². The second-order valence-corrected chi connectivity index (χ2v) is 10.6. The first-order chi connectivity index (χ1) is 20.5. The van der Waals surface area contributed by atoms with Gasteiger partial charge in [-0.1, -0.05) is 26.5 Å². The maximum atomic E-state index is 11.2. The summed E-state index contributed by atoms with van der Waals surface area (Å²) < 4.78 is 6.91. The molecule has 0 aliphatic carbocycles. The molecule has 238 valence electrons. The Balaban J connectivity index is 0. The lowest BCUT2D eigenvalue weighted by Crippen LogP contribution is -2.31. The molecule has 11 heteroatoms. The summed E-state index contributed by atoms with van der Waals surface area (Å²) in [6.45, 7) is 20.9. The van der Waals surface area contributed by atoms with E-state index >= 15 is 0 Å². The van der Waals surface area contributed by atoms with E-state index in [1.54, 1.807) is 24.3 Å². The second-order valence-electron chi connectivity index (χ2n) is 9.50. The molecule has 0 aromatic carbocycles. The lowest BCUT2D eigenvalue weighted by atomic mass is 10.2. The van der Waals surface area contributed by atoms with E-state index < -0.39 is 0 Å². The highest BCUT2D eigenvalue weighted by Crippen LogP contribution is 2.28. The quantitative estimate of drug-likeness (QED) is 0.0707. The number of hydrogen-bond donors (Lipinski definition) is 4. The van der Waals surface area contributed by atoms with E-state index in [1.807, 2.05) is 78.4 Å². The van der Waals surface area contributed by atoms with Gasteiger partial charge >= 0.3 is 0 Å². The average Bonchev–Trinajstić information content (AvgIpc) is 3.38. The van der Waals surface area contributed by atoms with E-state index in [9.17, 15) is 4.79 Å². The van der Waals surface area contributed by atoms with E-state index in [0.717, 1.165) is 41.3 Å². The normalized spacial score (nSPS) is 10.4. The number of nitrogens with one attached hydrogen (secondary N) is 4. The molecule has 0 aliphatic rings. The highest BCUT2D eigenvalue weighted by molar-refractivity contribution is 8.14. The lowest BCUT2D eigenvalue weighted by molar-refractivity contribution is -0.117. The molecule has 1 amide bonds. The minimum absolute atomic E-state index is 0.0417. The molecule has 2 rings (SSSR count). The van der Waals surface area contributed by atoms with Gasteiger partial charge in [0.15, 0.2) is 0 Å². The summed E-state index contributed by atoms with van der Waals surface area (Å²) in [6, 6.07) is 7.95. The highest BCUT2D eigenvalue weighted by atomic mass is 32.2. The number of aromatic nitrogens is 2. The fourth-order valence-corrected chi connectivity index (χ4v) is 4.00. The van der Waals surface area contributed by atoms with Crippen LogP contribution in [0.25, 0.3) is 17.5 Å². The molecule has 0 bridgehead atoms. The van der Waals surface area contributed by atoms with Crippen molar-refractivity contribution in [1.82, 2.24) is 19.8 Å². The molecule has 0 atom stereocenters. The van der Waals surface area contributed by atoms with E-state index in [-0.39, 0.29) is 5.60 Å². The van der Waals surface area contributed by atoms with Gasteiger partial charge in [0, 0.05) is 69.2 Å². The van der Waals surface area contributed by atoms with Crippen LogP contribution in [0, 0.1) is 22.1 Å². The van der Waals surface area contributed by atoms with Gasteiger partial charge in [-0.05, 0) is 65.7 Å². The Kier molecular flexibility index (Phi) is 22.9. The largest absolute Gasteiger partial charge is 0.385 e. The number of anilines is 1. The van der Waals surface area contributed by atoms with Crippen LogP contribution in [0.3, 0.4) is 0 Å². The first-order valence-electron chi connectivity index (χ1n) is 14.2. The van der Waals surface area contributed by atoms with Crippen LogP contribution in [0.2, 0.25) is 0 Å². The molecule has 2 aromatic heterocycles. The van der Waals surface area contributed by atoms with E-state index in [1.165, 1.54) is 17.8 Å². The lowest BCUT2D eigenvalue weighted by Gasteiger charge is -2.17. The number of thioether (sulfide) groups is 1. The molecule has 2 heterocycles. The number of rotatable bonds is 13.